The van der Waals surface area contributed by atoms with Crippen LogP contribution in [-0.2, 0) is 4.74 Å². The third-order valence-corrected chi connectivity index (χ3v) is 4.54. The molecule has 2 N–H and O–H groups in total. The quantitative estimate of drug-likeness (QED) is 0.872. The van der Waals surface area contributed by atoms with Crippen molar-refractivity contribution in [2.75, 3.05) is 18.5 Å². The van der Waals surface area contributed by atoms with E-state index < -0.39 is 0 Å². The summed E-state index contributed by atoms with van der Waals surface area (Å²) in [6.45, 7) is 3.17. The Kier molecular flexibility index (Phi) is 5.43. The van der Waals surface area contributed by atoms with Gasteiger partial charge in [-0.05, 0) is 32.6 Å². The molecule has 0 radical (unpaired) electrons. The van der Waals surface area contributed by atoms with E-state index in [0.29, 0.717) is 24.1 Å². The standard InChI is InChI=1S/C17H26N4O2/c1-12-19-15(17(22)18-11-14-8-5-9-23-14)10-16(20-12)21-13-6-3-2-4-7-13/h10,13-14H,2-9,11H2,1H3,(H,18,22)(H,19,20,21). The lowest BCUT2D eigenvalue weighted by Gasteiger charge is -2.23. The minimum absolute atomic E-state index is 0.140. The van der Waals surface area contributed by atoms with E-state index in [-0.39, 0.29) is 12.0 Å². The van der Waals surface area contributed by atoms with Crippen molar-refractivity contribution in [1.29, 1.82) is 0 Å². The average Bonchev–Trinajstić information content (AvgIpc) is 3.06. The number of ether oxygens (including phenoxy) is 1. The Morgan fingerprint density at radius 1 is 1.22 bits per heavy atom. The number of amides is 1. The second-order valence-electron chi connectivity index (χ2n) is 6.51. The van der Waals surface area contributed by atoms with Gasteiger partial charge in [0.25, 0.3) is 5.91 Å². The number of hydrogen-bond acceptors (Lipinski definition) is 5. The van der Waals surface area contributed by atoms with E-state index in [9.17, 15) is 4.79 Å². The third-order valence-electron chi connectivity index (χ3n) is 4.54. The van der Waals surface area contributed by atoms with Gasteiger partial charge >= 0.3 is 0 Å². The molecule has 1 unspecified atom stereocenters. The number of carbonyl (C=O) groups is 1. The summed E-state index contributed by atoms with van der Waals surface area (Å²) in [6.07, 6.45) is 8.40. The lowest BCUT2D eigenvalue weighted by atomic mass is 9.95. The molecular weight excluding hydrogens is 292 g/mol. The van der Waals surface area contributed by atoms with Gasteiger partial charge in [-0.15, -0.1) is 0 Å². The van der Waals surface area contributed by atoms with Crippen LogP contribution in [0.1, 0.15) is 61.3 Å². The molecule has 1 aromatic heterocycles. The zero-order valence-corrected chi connectivity index (χ0v) is 13.8. The van der Waals surface area contributed by atoms with Gasteiger partial charge in [0.1, 0.15) is 17.3 Å². The monoisotopic (exact) mass is 318 g/mol. The summed E-state index contributed by atoms with van der Waals surface area (Å²) >= 11 is 0. The highest BCUT2D eigenvalue weighted by Crippen LogP contribution is 2.21. The van der Waals surface area contributed by atoms with Crippen molar-refractivity contribution in [3.8, 4) is 0 Å². The predicted octanol–water partition coefficient (Wildman–Crippen LogP) is 2.44. The van der Waals surface area contributed by atoms with Crippen LogP contribution in [0.15, 0.2) is 6.07 Å². The SMILES string of the molecule is Cc1nc(NC2CCCCC2)cc(C(=O)NCC2CCCO2)n1. The van der Waals surface area contributed by atoms with Crippen LogP contribution >= 0.6 is 0 Å². The fourth-order valence-corrected chi connectivity index (χ4v) is 3.32. The molecule has 1 aromatic rings. The maximum atomic E-state index is 12.3. The molecule has 6 nitrogen and oxygen atoms in total. The summed E-state index contributed by atoms with van der Waals surface area (Å²) < 4.78 is 5.53. The van der Waals surface area contributed by atoms with Crippen molar-refractivity contribution in [3.05, 3.63) is 17.6 Å². The van der Waals surface area contributed by atoms with Gasteiger partial charge in [-0.25, -0.2) is 9.97 Å². The molecular formula is C17H26N4O2. The summed E-state index contributed by atoms with van der Waals surface area (Å²) in [5.74, 6) is 1.22. The van der Waals surface area contributed by atoms with Gasteiger partial charge in [-0.1, -0.05) is 19.3 Å². The van der Waals surface area contributed by atoms with Gasteiger partial charge in [0, 0.05) is 25.3 Å². The van der Waals surface area contributed by atoms with Gasteiger partial charge in [0.2, 0.25) is 0 Å². The molecule has 23 heavy (non-hydrogen) atoms. The second-order valence-corrected chi connectivity index (χ2v) is 6.51. The van der Waals surface area contributed by atoms with Gasteiger partial charge in [0.05, 0.1) is 6.10 Å². The van der Waals surface area contributed by atoms with Gasteiger partial charge in [-0.2, -0.15) is 0 Å². The molecule has 126 valence electrons. The van der Waals surface area contributed by atoms with Gasteiger partial charge in [0.15, 0.2) is 0 Å². The zero-order valence-electron chi connectivity index (χ0n) is 13.8. The number of carbonyl (C=O) groups excluding carboxylic acids is 1. The largest absolute Gasteiger partial charge is 0.376 e. The number of aromatic nitrogens is 2. The first-order valence-corrected chi connectivity index (χ1v) is 8.73. The van der Waals surface area contributed by atoms with E-state index in [4.69, 9.17) is 4.74 Å². The maximum absolute atomic E-state index is 12.3. The number of rotatable bonds is 5. The molecule has 1 atom stereocenters. The Labute approximate surface area is 137 Å². The average molecular weight is 318 g/mol. The molecule has 2 aliphatic rings. The molecule has 0 bridgehead atoms. The highest BCUT2D eigenvalue weighted by Gasteiger charge is 2.19. The lowest BCUT2D eigenvalue weighted by molar-refractivity contribution is 0.0853. The number of aryl methyl sites for hydroxylation is 1. The molecule has 0 spiro atoms. The summed E-state index contributed by atoms with van der Waals surface area (Å²) in [5, 5.41) is 6.38. The lowest BCUT2D eigenvalue weighted by Crippen LogP contribution is -2.32. The van der Waals surface area contributed by atoms with Crippen LogP contribution in [-0.4, -0.2) is 41.2 Å². The molecule has 2 heterocycles. The normalized spacial score (nSPS) is 22.0. The number of nitrogens with one attached hydrogen (secondary N) is 2. The van der Waals surface area contributed by atoms with E-state index in [0.717, 1.165) is 25.3 Å². The Bertz CT molecular complexity index is 537. The highest BCUT2D eigenvalue weighted by molar-refractivity contribution is 5.92. The Morgan fingerprint density at radius 3 is 2.78 bits per heavy atom. The fourth-order valence-electron chi connectivity index (χ4n) is 3.32. The van der Waals surface area contributed by atoms with Crippen molar-refractivity contribution >= 4 is 11.7 Å². The van der Waals surface area contributed by atoms with E-state index in [1.807, 2.05) is 6.92 Å². The third kappa shape index (κ3) is 4.64. The second kappa shape index (κ2) is 7.73. The number of anilines is 1. The molecule has 1 amide bonds. The van der Waals surface area contributed by atoms with E-state index in [2.05, 4.69) is 20.6 Å². The van der Waals surface area contributed by atoms with Crippen molar-refractivity contribution in [2.45, 2.75) is 64.0 Å². The molecule has 1 saturated carbocycles. The van der Waals surface area contributed by atoms with Crippen LogP contribution in [0.3, 0.4) is 0 Å². The van der Waals surface area contributed by atoms with Crippen LogP contribution in [0.5, 0.6) is 0 Å². The summed E-state index contributed by atoms with van der Waals surface area (Å²) in [6, 6.07) is 2.22. The van der Waals surface area contributed by atoms with Gasteiger partial charge < -0.3 is 15.4 Å². The first kappa shape index (κ1) is 16.2. The topological polar surface area (TPSA) is 76.1 Å². The Morgan fingerprint density at radius 2 is 2.04 bits per heavy atom. The fraction of sp³-hybridized carbons (Fsp3) is 0.706. The van der Waals surface area contributed by atoms with E-state index >= 15 is 0 Å². The van der Waals surface area contributed by atoms with Crippen LogP contribution in [0.2, 0.25) is 0 Å². The van der Waals surface area contributed by atoms with Crippen LogP contribution in [0.25, 0.3) is 0 Å². The summed E-state index contributed by atoms with van der Waals surface area (Å²) in [5.41, 5.74) is 0.425. The highest BCUT2D eigenvalue weighted by atomic mass is 16.5. The minimum atomic E-state index is -0.155. The first-order valence-electron chi connectivity index (χ1n) is 8.73. The maximum Gasteiger partial charge on any atom is 0.270 e. The summed E-state index contributed by atoms with van der Waals surface area (Å²) in [4.78, 5) is 21.0. The molecule has 3 rings (SSSR count). The minimum Gasteiger partial charge on any atom is -0.376 e. The first-order chi connectivity index (χ1) is 11.2. The Balaban J connectivity index is 1.60. The van der Waals surface area contributed by atoms with Crippen LogP contribution in [0, 0.1) is 6.92 Å². The molecule has 2 fully saturated rings. The Hall–Kier alpha value is -1.69. The molecule has 6 heteroatoms. The molecule has 1 aliphatic carbocycles. The van der Waals surface area contributed by atoms with Gasteiger partial charge in [-0.3, -0.25) is 4.79 Å². The van der Waals surface area contributed by atoms with Crippen molar-refractivity contribution in [3.63, 3.8) is 0 Å². The smallest absolute Gasteiger partial charge is 0.270 e. The van der Waals surface area contributed by atoms with E-state index in [1.165, 1.54) is 32.1 Å². The number of hydrogen-bond donors (Lipinski definition) is 2. The van der Waals surface area contributed by atoms with Crippen LogP contribution < -0.4 is 10.6 Å². The zero-order chi connectivity index (χ0) is 16.1. The predicted molar refractivity (Wildman–Crippen MR) is 88.6 cm³/mol. The van der Waals surface area contributed by atoms with Crippen molar-refractivity contribution in [2.24, 2.45) is 0 Å². The summed E-state index contributed by atoms with van der Waals surface area (Å²) in [7, 11) is 0. The van der Waals surface area contributed by atoms with Crippen LogP contribution in [0.4, 0.5) is 5.82 Å². The molecule has 1 aliphatic heterocycles. The van der Waals surface area contributed by atoms with Crippen molar-refractivity contribution < 1.29 is 9.53 Å². The molecule has 0 aromatic carbocycles. The van der Waals surface area contributed by atoms with E-state index in [1.54, 1.807) is 6.07 Å². The van der Waals surface area contributed by atoms with Crippen molar-refractivity contribution in [1.82, 2.24) is 15.3 Å². The molecule has 1 saturated heterocycles. The number of nitrogens with zero attached hydrogens (tertiary/aromatic N) is 2.